The smallest absolute Gasteiger partial charge is 0.157 e. The van der Waals surface area contributed by atoms with Crippen LogP contribution in [0.1, 0.15) is 25.7 Å². The SMILES string of the molecule is C=CC/C(=C\I)CCCC1OCCO1. The van der Waals surface area contributed by atoms with E-state index < -0.39 is 0 Å². The van der Waals surface area contributed by atoms with Crippen molar-refractivity contribution >= 4 is 22.6 Å². The van der Waals surface area contributed by atoms with E-state index in [0.717, 1.165) is 38.9 Å². The van der Waals surface area contributed by atoms with Crippen molar-refractivity contribution in [2.45, 2.75) is 32.0 Å². The molecule has 1 aliphatic heterocycles. The summed E-state index contributed by atoms with van der Waals surface area (Å²) in [6.07, 6.45) is 6.26. The molecule has 1 heterocycles. The molecule has 0 bridgehead atoms. The molecule has 1 saturated heterocycles. The number of hydrogen-bond donors (Lipinski definition) is 0. The molecule has 0 aromatic carbocycles. The van der Waals surface area contributed by atoms with Crippen LogP contribution in [0.15, 0.2) is 22.3 Å². The van der Waals surface area contributed by atoms with Gasteiger partial charge in [0.05, 0.1) is 13.2 Å². The fourth-order valence-electron chi connectivity index (χ4n) is 1.46. The van der Waals surface area contributed by atoms with Crippen molar-refractivity contribution in [2.75, 3.05) is 13.2 Å². The molecule has 14 heavy (non-hydrogen) atoms. The molecule has 1 rings (SSSR count). The van der Waals surface area contributed by atoms with Crippen LogP contribution >= 0.6 is 22.6 Å². The van der Waals surface area contributed by atoms with Crippen LogP contribution in [-0.4, -0.2) is 19.5 Å². The van der Waals surface area contributed by atoms with E-state index in [0.29, 0.717) is 0 Å². The summed E-state index contributed by atoms with van der Waals surface area (Å²) < 4.78 is 12.9. The van der Waals surface area contributed by atoms with Gasteiger partial charge < -0.3 is 9.47 Å². The molecule has 1 fully saturated rings. The Bertz CT molecular complexity index is 195. The van der Waals surface area contributed by atoms with Crippen LogP contribution in [0.2, 0.25) is 0 Å². The largest absolute Gasteiger partial charge is 0.350 e. The average molecular weight is 308 g/mol. The molecule has 0 aromatic heterocycles. The van der Waals surface area contributed by atoms with E-state index >= 15 is 0 Å². The molecule has 0 atom stereocenters. The Labute approximate surface area is 99.5 Å². The zero-order valence-electron chi connectivity index (χ0n) is 8.38. The minimum Gasteiger partial charge on any atom is -0.350 e. The molecule has 0 unspecified atom stereocenters. The van der Waals surface area contributed by atoms with Gasteiger partial charge >= 0.3 is 0 Å². The lowest BCUT2D eigenvalue weighted by atomic mass is 10.1. The molecule has 80 valence electrons. The van der Waals surface area contributed by atoms with E-state index in [-0.39, 0.29) is 6.29 Å². The maximum atomic E-state index is 5.36. The topological polar surface area (TPSA) is 18.5 Å². The number of rotatable bonds is 6. The molecule has 0 radical (unpaired) electrons. The van der Waals surface area contributed by atoms with Gasteiger partial charge in [-0.15, -0.1) is 6.58 Å². The summed E-state index contributed by atoms with van der Waals surface area (Å²) in [4.78, 5) is 0. The molecule has 2 nitrogen and oxygen atoms in total. The van der Waals surface area contributed by atoms with E-state index in [1.54, 1.807) is 0 Å². The Kier molecular flexibility index (Phi) is 6.47. The zero-order valence-corrected chi connectivity index (χ0v) is 10.5. The summed E-state index contributed by atoms with van der Waals surface area (Å²) in [5.74, 6) is 0. The van der Waals surface area contributed by atoms with Crippen molar-refractivity contribution in [3.05, 3.63) is 22.3 Å². The van der Waals surface area contributed by atoms with Gasteiger partial charge in [0, 0.05) is 0 Å². The summed E-state index contributed by atoms with van der Waals surface area (Å²) in [6, 6.07) is 0. The second-order valence-corrected chi connectivity index (χ2v) is 3.95. The molecule has 1 aliphatic rings. The lowest BCUT2D eigenvalue weighted by molar-refractivity contribution is -0.0475. The molecule has 0 aliphatic carbocycles. The van der Waals surface area contributed by atoms with E-state index in [1.807, 2.05) is 6.08 Å². The van der Waals surface area contributed by atoms with Crippen LogP contribution < -0.4 is 0 Å². The standard InChI is InChI=1S/C11H17IO2/c1-2-4-10(9-12)5-3-6-11-13-7-8-14-11/h2,9,11H,1,3-8H2/b10-9+. The maximum absolute atomic E-state index is 5.36. The summed E-state index contributed by atoms with van der Waals surface area (Å²) in [7, 11) is 0. The highest BCUT2D eigenvalue weighted by atomic mass is 127. The molecule has 0 aromatic rings. The predicted molar refractivity (Wildman–Crippen MR) is 66.5 cm³/mol. The molecule has 0 saturated carbocycles. The molecule has 0 amide bonds. The fraction of sp³-hybridized carbons (Fsp3) is 0.636. The minimum absolute atomic E-state index is 0.0502. The normalized spacial score (nSPS) is 18.8. The van der Waals surface area contributed by atoms with Gasteiger partial charge in [-0.25, -0.2) is 0 Å². The Morgan fingerprint density at radius 2 is 2.14 bits per heavy atom. The van der Waals surface area contributed by atoms with Crippen LogP contribution in [0.25, 0.3) is 0 Å². The molecule has 0 N–H and O–H groups in total. The first-order valence-corrected chi connectivity index (χ1v) is 6.23. The van der Waals surface area contributed by atoms with Crippen molar-refractivity contribution in [3.8, 4) is 0 Å². The number of allylic oxidation sites excluding steroid dienone is 2. The second-order valence-electron chi connectivity index (χ2n) is 3.32. The van der Waals surface area contributed by atoms with Gasteiger partial charge in [0.2, 0.25) is 0 Å². The van der Waals surface area contributed by atoms with Gasteiger partial charge in [-0.3, -0.25) is 0 Å². The van der Waals surface area contributed by atoms with Crippen LogP contribution in [0.5, 0.6) is 0 Å². The average Bonchev–Trinajstić information content (AvgIpc) is 2.69. The Morgan fingerprint density at radius 3 is 2.71 bits per heavy atom. The van der Waals surface area contributed by atoms with Crippen molar-refractivity contribution in [3.63, 3.8) is 0 Å². The predicted octanol–water partition coefficient (Wildman–Crippen LogP) is 3.42. The third-order valence-electron chi connectivity index (χ3n) is 2.19. The van der Waals surface area contributed by atoms with E-state index in [9.17, 15) is 0 Å². The van der Waals surface area contributed by atoms with Crippen molar-refractivity contribution in [1.82, 2.24) is 0 Å². The Morgan fingerprint density at radius 1 is 1.43 bits per heavy atom. The summed E-state index contributed by atoms with van der Waals surface area (Å²) in [6.45, 7) is 5.25. The molecule has 3 heteroatoms. The first-order chi connectivity index (χ1) is 6.86. The van der Waals surface area contributed by atoms with E-state index in [4.69, 9.17) is 9.47 Å². The number of ether oxygens (including phenoxy) is 2. The van der Waals surface area contributed by atoms with Crippen molar-refractivity contribution in [2.24, 2.45) is 0 Å². The quantitative estimate of drug-likeness (QED) is 0.553. The van der Waals surface area contributed by atoms with Gasteiger partial charge in [-0.1, -0.05) is 34.2 Å². The van der Waals surface area contributed by atoms with Crippen LogP contribution in [0.4, 0.5) is 0 Å². The fourth-order valence-corrected chi connectivity index (χ4v) is 2.02. The third kappa shape index (κ3) is 4.57. The minimum atomic E-state index is 0.0502. The van der Waals surface area contributed by atoms with E-state index in [2.05, 4.69) is 33.3 Å². The Balaban J connectivity index is 2.09. The lowest BCUT2D eigenvalue weighted by Crippen LogP contribution is -2.06. The van der Waals surface area contributed by atoms with Gasteiger partial charge in [0.1, 0.15) is 0 Å². The van der Waals surface area contributed by atoms with Gasteiger partial charge in [0.15, 0.2) is 6.29 Å². The zero-order chi connectivity index (χ0) is 10.2. The highest BCUT2D eigenvalue weighted by molar-refractivity contribution is 14.1. The molecular weight excluding hydrogens is 291 g/mol. The monoisotopic (exact) mass is 308 g/mol. The lowest BCUT2D eigenvalue weighted by Gasteiger charge is -2.09. The van der Waals surface area contributed by atoms with Gasteiger partial charge in [-0.2, -0.15) is 0 Å². The molecule has 0 spiro atoms. The second kappa shape index (κ2) is 7.43. The van der Waals surface area contributed by atoms with Crippen LogP contribution in [0, 0.1) is 0 Å². The van der Waals surface area contributed by atoms with Crippen LogP contribution in [-0.2, 0) is 9.47 Å². The van der Waals surface area contributed by atoms with Crippen LogP contribution in [0.3, 0.4) is 0 Å². The first kappa shape index (κ1) is 12.2. The number of halogens is 1. The number of hydrogen-bond acceptors (Lipinski definition) is 2. The summed E-state index contributed by atoms with van der Waals surface area (Å²) in [5, 5.41) is 0. The third-order valence-corrected chi connectivity index (χ3v) is 3.07. The Hall–Kier alpha value is 0.130. The summed E-state index contributed by atoms with van der Waals surface area (Å²) >= 11 is 2.29. The highest BCUT2D eigenvalue weighted by Crippen LogP contribution is 2.17. The van der Waals surface area contributed by atoms with E-state index in [1.165, 1.54) is 5.57 Å². The molecular formula is C11H17IO2. The highest BCUT2D eigenvalue weighted by Gasteiger charge is 2.14. The maximum Gasteiger partial charge on any atom is 0.157 e. The first-order valence-electron chi connectivity index (χ1n) is 4.99. The summed E-state index contributed by atoms with van der Waals surface area (Å²) in [5.41, 5.74) is 1.44. The van der Waals surface area contributed by atoms with Gasteiger partial charge in [-0.05, 0) is 29.8 Å². The van der Waals surface area contributed by atoms with Crippen molar-refractivity contribution in [1.29, 1.82) is 0 Å². The van der Waals surface area contributed by atoms with Gasteiger partial charge in [0.25, 0.3) is 0 Å². The van der Waals surface area contributed by atoms with Crippen molar-refractivity contribution < 1.29 is 9.47 Å².